The van der Waals surface area contributed by atoms with Crippen molar-refractivity contribution < 1.29 is 14.3 Å². The quantitative estimate of drug-likeness (QED) is 0.677. The zero-order valence-electron chi connectivity index (χ0n) is 15.8. The van der Waals surface area contributed by atoms with E-state index < -0.39 is 0 Å². The molecular formula is C22H21FN4O2. The lowest BCUT2D eigenvalue weighted by atomic mass is 9.98. The third kappa shape index (κ3) is 3.56. The maximum atomic E-state index is 13.5. The van der Waals surface area contributed by atoms with Gasteiger partial charge in [0.25, 0.3) is 0 Å². The number of carbonyl (C=O) groups is 1. The van der Waals surface area contributed by atoms with E-state index in [0.29, 0.717) is 25.2 Å². The molecule has 0 fully saturated rings. The van der Waals surface area contributed by atoms with E-state index in [0.717, 1.165) is 22.4 Å². The summed E-state index contributed by atoms with van der Waals surface area (Å²) in [7, 11) is 0. The molecule has 3 aromatic rings. The number of benzene rings is 1. The van der Waals surface area contributed by atoms with Crippen LogP contribution in [0.4, 0.5) is 4.39 Å². The number of amides is 1. The lowest BCUT2D eigenvalue weighted by Gasteiger charge is -2.33. The van der Waals surface area contributed by atoms with Gasteiger partial charge in [0.05, 0.1) is 18.3 Å². The minimum atomic E-state index is -0.316. The van der Waals surface area contributed by atoms with Crippen molar-refractivity contribution in [3.63, 3.8) is 0 Å². The molecule has 2 aromatic heterocycles. The largest absolute Gasteiger partial charge is 0.396 e. The van der Waals surface area contributed by atoms with Gasteiger partial charge in [-0.2, -0.15) is 5.10 Å². The number of fused-ring (bicyclic) bond motifs is 1. The fraction of sp³-hybridized carbons (Fsp3) is 0.227. The molecule has 7 heteroatoms. The van der Waals surface area contributed by atoms with E-state index in [1.165, 1.54) is 18.2 Å². The van der Waals surface area contributed by atoms with Crippen LogP contribution in [0, 0.1) is 5.82 Å². The summed E-state index contributed by atoms with van der Waals surface area (Å²) in [4.78, 5) is 18.2. The summed E-state index contributed by atoms with van der Waals surface area (Å²) < 4.78 is 15.4. The van der Waals surface area contributed by atoms with Gasteiger partial charge in [0, 0.05) is 36.7 Å². The average Bonchev–Trinajstić information content (AvgIpc) is 3.14. The molecule has 0 spiro atoms. The highest BCUT2D eigenvalue weighted by Gasteiger charge is 2.32. The molecule has 1 unspecified atom stereocenters. The molecule has 1 aliphatic rings. The molecule has 3 heterocycles. The summed E-state index contributed by atoms with van der Waals surface area (Å²) in [5.41, 5.74) is 4.15. The van der Waals surface area contributed by atoms with Crippen molar-refractivity contribution in [1.29, 1.82) is 0 Å². The van der Waals surface area contributed by atoms with Crippen molar-refractivity contribution in [3.05, 3.63) is 73.0 Å². The van der Waals surface area contributed by atoms with Gasteiger partial charge >= 0.3 is 0 Å². The van der Waals surface area contributed by atoms with Crippen LogP contribution in [0.1, 0.15) is 18.2 Å². The number of hydrogen-bond acceptors (Lipinski definition) is 4. The molecule has 0 saturated heterocycles. The van der Waals surface area contributed by atoms with Gasteiger partial charge in [0.15, 0.2) is 0 Å². The van der Waals surface area contributed by atoms with E-state index in [2.05, 4.69) is 11.6 Å². The first kappa shape index (κ1) is 19.0. The van der Waals surface area contributed by atoms with Gasteiger partial charge < -0.3 is 10.0 Å². The second-order valence-corrected chi connectivity index (χ2v) is 6.95. The maximum Gasteiger partial charge on any atom is 0.246 e. The number of nitrogens with zero attached hydrogens (tertiary/aromatic N) is 4. The highest BCUT2D eigenvalue weighted by molar-refractivity contribution is 5.88. The molecule has 0 radical (unpaired) electrons. The van der Waals surface area contributed by atoms with Crippen LogP contribution in [0.15, 0.2) is 61.4 Å². The lowest BCUT2D eigenvalue weighted by molar-refractivity contribution is -0.128. The van der Waals surface area contributed by atoms with E-state index >= 15 is 0 Å². The summed E-state index contributed by atoms with van der Waals surface area (Å²) in [6, 6.07) is 9.82. The number of rotatable bonds is 5. The van der Waals surface area contributed by atoms with Gasteiger partial charge in [-0.3, -0.25) is 14.5 Å². The van der Waals surface area contributed by atoms with Crippen LogP contribution in [0.2, 0.25) is 0 Å². The van der Waals surface area contributed by atoms with Crippen LogP contribution in [-0.2, 0) is 11.3 Å². The summed E-state index contributed by atoms with van der Waals surface area (Å²) >= 11 is 0. The second-order valence-electron chi connectivity index (χ2n) is 6.95. The molecule has 29 heavy (non-hydrogen) atoms. The van der Waals surface area contributed by atoms with Crippen molar-refractivity contribution in [1.82, 2.24) is 19.7 Å². The van der Waals surface area contributed by atoms with Gasteiger partial charge in [0.2, 0.25) is 5.91 Å². The molecule has 1 amide bonds. The third-order valence-corrected chi connectivity index (χ3v) is 5.16. The topological polar surface area (TPSA) is 71.2 Å². The summed E-state index contributed by atoms with van der Waals surface area (Å²) in [6.45, 7) is 4.40. The highest BCUT2D eigenvalue weighted by atomic mass is 19.1. The van der Waals surface area contributed by atoms with E-state index in [4.69, 9.17) is 5.10 Å². The van der Waals surface area contributed by atoms with Gasteiger partial charge in [-0.05, 0) is 54.5 Å². The Morgan fingerprint density at radius 1 is 1.21 bits per heavy atom. The Hall–Kier alpha value is -3.32. The normalized spacial score (nSPS) is 15.8. The summed E-state index contributed by atoms with van der Waals surface area (Å²) in [5, 5.41) is 14.4. The molecule has 1 aliphatic heterocycles. The summed E-state index contributed by atoms with van der Waals surface area (Å²) in [5.74, 6) is -0.478. The standard InChI is InChI=1S/C22H21FN4O2/c1-2-20(29)26-13-18(9-12-28)27-19(14-26)21(15-7-10-24-11-8-15)22(25-27)16-3-5-17(23)6-4-16/h2-8,10-11,18,28H,1,9,12-14H2. The van der Waals surface area contributed by atoms with Crippen molar-refractivity contribution in [2.75, 3.05) is 13.2 Å². The SMILES string of the molecule is C=CC(=O)N1Cc2c(-c3ccncc3)c(-c3ccc(F)cc3)nn2C(CCO)C1. The first-order valence-corrected chi connectivity index (χ1v) is 9.42. The molecule has 6 nitrogen and oxygen atoms in total. The monoisotopic (exact) mass is 392 g/mol. The van der Waals surface area contributed by atoms with E-state index in [1.807, 2.05) is 16.8 Å². The van der Waals surface area contributed by atoms with Crippen LogP contribution in [0.3, 0.4) is 0 Å². The maximum absolute atomic E-state index is 13.5. The minimum Gasteiger partial charge on any atom is -0.396 e. The molecular weight excluding hydrogens is 371 g/mol. The van der Waals surface area contributed by atoms with Crippen molar-refractivity contribution in [2.24, 2.45) is 0 Å². The van der Waals surface area contributed by atoms with E-state index in [-0.39, 0.29) is 24.4 Å². The zero-order valence-corrected chi connectivity index (χ0v) is 15.8. The number of carbonyl (C=O) groups excluding carboxylic acids is 1. The summed E-state index contributed by atoms with van der Waals surface area (Å²) in [6.07, 6.45) is 5.17. The predicted octanol–water partition coefficient (Wildman–Crippen LogP) is 3.20. The third-order valence-electron chi connectivity index (χ3n) is 5.16. The van der Waals surface area contributed by atoms with Gasteiger partial charge in [0.1, 0.15) is 11.5 Å². The fourth-order valence-corrected chi connectivity index (χ4v) is 3.79. The van der Waals surface area contributed by atoms with Crippen LogP contribution in [0.25, 0.3) is 22.4 Å². The van der Waals surface area contributed by atoms with Gasteiger partial charge in [-0.1, -0.05) is 6.58 Å². The van der Waals surface area contributed by atoms with E-state index in [1.54, 1.807) is 29.4 Å². The molecule has 148 valence electrons. The lowest BCUT2D eigenvalue weighted by Crippen LogP contribution is -2.41. The Morgan fingerprint density at radius 2 is 1.93 bits per heavy atom. The van der Waals surface area contributed by atoms with Gasteiger partial charge in [-0.25, -0.2) is 4.39 Å². The average molecular weight is 392 g/mol. The number of pyridine rings is 1. The fourth-order valence-electron chi connectivity index (χ4n) is 3.79. The Kier molecular flexibility index (Phi) is 5.22. The molecule has 1 atom stereocenters. The number of aromatic nitrogens is 3. The second kappa shape index (κ2) is 7.97. The Balaban J connectivity index is 1.93. The number of aliphatic hydroxyl groups excluding tert-OH is 1. The van der Waals surface area contributed by atoms with Crippen LogP contribution < -0.4 is 0 Å². The minimum absolute atomic E-state index is 0.0173. The predicted molar refractivity (Wildman–Crippen MR) is 107 cm³/mol. The molecule has 4 rings (SSSR count). The van der Waals surface area contributed by atoms with E-state index in [9.17, 15) is 14.3 Å². The Bertz CT molecular complexity index is 1030. The number of halogens is 1. The zero-order chi connectivity index (χ0) is 20.4. The molecule has 0 aliphatic carbocycles. The first-order valence-electron chi connectivity index (χ1n) is 9.42. The highest BCUT2D eigenvalue weighted by Crippen LogP contribution is 2.39. The number of aliphatic hydroxyl groups is 1. The Labute approximate surface area is 167 Å². The van der Waals surface area contributed by atoms with Crippen LogP contribution in [-0.4, -0.2) is 43.8 Å². The first-order chi connectivity index (χ1) is 14.1. The molecule has 0 bridgehead atoms. The van der Waals surface area contributed by atoms with Gasteiger partial charge in [-0.15, -0.1) is 0 Å². The Morgan fingerprint density at radius 3 is 2.59 bits per heavy atom. The van der Waals surface area contributed by atoms with Crippen molar-refractivity contribution in [2.45, 2.75) is 19.0 Å². The van der Waals surface area contributed by atoms with Crippen molar-refractivity contribution >= 4 is 5.91 Å². The molecule has 0 saturated carbocycles. The van der Waals surface area contributed by atoms with Crippen LogP contribution >= 0.6 is 0 Å². The molecule has 1 aromatic carbocycles. The van der Waals surface area contributed by atoms with Crippen LogP contribution in [0.5, 0.6) is 0 Å². The molecule has 1 N–H and O–H groups in total. The smallest absolute Gasteiger partial charge is 0.246 e. The van der Waals surface area contributed by atoms with Crippen molar-refractivity contribution in [3.8, 4) is 22.4 Å². The number of hydrogen-bond donors (Lipinski definition) is 1.